The monoisotopic (exact) mass is 290 g/mol. The molecule has 1 aliphatic heterocycles. The summed E-state index contributed by atoms with van der Waals surface area (Å²) in [6.45, 7) is 5.84. The van der Waals surface area contributed by atoms with Crippen LogP contribution >= 0.6 is 0 Å². The average molecular weight is 290 g/mol. The molecule has 5 heteroatoms. The molecule has 0 aliphatic carbocycles. The van der Waals surface area contributed by atoms with E-state index in [4.69, 9.17) is 4.74 Å². The van der Waals surface area contributed by atoms with Gasteiger partial charge in [-0.2, -0.15) is 0 Å². The van der Waals surface area contributed by atoms with Crippen LogP contribution in [0.2, 0.25) is 0 Å². The number of hydrogen-bond acceptors (Lipinski definition) is 3. The Hall–Kier alpha value is -2.04. The Kier molecular flexibility index (Phi) is 4.21. The predicted octanol–water partition coefficient (Wildman–Crippen LogP) is 2.09. The van der Waals surface area contributed by atoms with Gasteiger partial charge in [0.1, 0.15) is 11.6 Å². The first kappa shape index (κ1) is 15.4. The minimum Gasteiger partial charge on any atom is -0.444 e. The summed E-state index contributed by atoms with van der Waals surface area (Å²) in [6.07, 6.45) is 0.0559. The van der Waals surface area contributed by atoms with Crippen LogP contribution in [0.4, 0.5) is 4.79 Å². The average Bonchev–Trinajstić information content (AvgIpc) is 2.43. The van der Waals surface area contributed by atoms with Crippen LogP contribution in [0, 0.1) is 0 Å². The Labute approximate surface area is 125 Å². The number of carbonyl (C=O) groups is 2. The van der Waals surface area contributed by atoms with Crippen molar-refractivity contribution in [1.82, 2.24) is 10.2 Å². The van der Waals surface area contributed by atoms with E-state index in [2.05, 4.69) is 5.32 Å². The maximum Gasteiger partial charge on any atom is 0.411 e. The van der Waals surface area contributed by atoms with Gasteiger partial charge in [0.25, 0.3) is 0 Å². The molecule has 5 nitrogen and oxygen atoms in total. The number of ether oxygens (including phenoxy) is 1. The van der Waals surface area contributed by atoms with Crippen LogP contribution in [0.25, 0.3) is 0 Å². The highest BCUT2D eigenvalue weighted by Gasteiger charge is 2.36. The normalized spacial score (nSPS) is 17.9. The highest BCUT2D eigenvalue weighted by Crippen LogP contribution is 2.25. The fraction of sp³-hybridized carbons (Fsp3) is 0.500. The summed E-state index contributed by atoms with van der Waals surface area (Å²) in [7, 11) is 1.58. The molecule has 2 amide bonds. The molecule has 2 rings (SSSR count). The summed E-state index contributed by atoms with van der Waals surface area (Å²) < 4.78 is 5.42. The molecule has 0 radical (unpaired) electrons. The molecule has 0 spiro atoms. The van der Waals surface area contributed by atoms with E-state index >= 15 is 0 Å². The lowest BCUT2D eigenvalue weighted by molar-refractivity contribution is -0.126. The molecule has 0 bridgehead atoms. The highest BCUT2D eigenvalue weighted by molar-refractivity contribution is 5.86. The fourth-order valence-electron chi connectivity index (χ4n) is 2.44. The second kappa shape index (κ2) is 5.76. The SMILES string of the molecule is CNC(=O)[C@@H]1Cc2ccccc2CN1C(=O)OC(C)(C)C. The van der Waals surface area contributed by atoms with Crippen molar-refractivity contribution < 1.29 is 14.3 Å². The Morgan fingerprint density at radius 3 is 2.43 bits per heavy atom. The van der Waals surface area contributed by atoms with Crippen LogP contribution in [0.5, 0.6) is 0 Å². The molecule has 0 saturated heterocycles. The number of hydrogen-bond donors (Lipinski definition) is 1. The zero-order chi connectivity index (χ0) is 15.6. The third kappa shape index (κ3) is 3.54. The molecule has 1 atom stereocenters. The van der Waals surface area contributed by atoms with E-state index in [9.17, 15) is 9.59 Å². The van der Waals surface area contributed by atoms with Gasteiger partial charge in [-0.15, -0.1) is 0 Å². The standard InChI is InChI=1S/C16H22N2O3/c1-16(2,3)21-15(20)18-10-12-8-6-5-7-11(12)9-13(18)14(19)17-4/h5-8,13H,9-10H2,1-4H3,(H,17,19)/t13-/m0/s1. The summed E-state index contributed by atoms with van der Waals surface area (Å²) >= 11 is 0. The van der Waals surface area contributed by atoms with E-state index in [-0.39, 0.29) is 5.91 Å². The number of fused-ring (bicyclic) bond motifs is 1. The first-order valence-electron chi connectivity index (χ1n) is 7.10. The van der Waals surface area contributed by atoms with Crippen molar-refractivity contribution in [3.8, 4) is 0 Å². The zero-order valence-electron chi connectivity index (χ0n) is 13.0. The molecular weight excluding hydrogens is 268 g/mol. The second-order valence-electron chi connectivity index (χ2n) is 6.21. The van der Waals surface area contributed by atoms with Gasteiger partial charge in [0, 0.05) is 13.5 Å². The van der Waals surface area contributed by atoms with Crippen LogP contribution in [0.1, 0.15) is 31.9 Å². The maximum atomic E-state index is 12.4. The number of nitrogens with one attached hydrogen (secondary N) is 1. The second-order valence-corrected chi connectivity index (χ2v) is 6.21. The summed E-state index contributed by atoms with van der Waals surface area (Å²) in [5.74, 6) is -0.171. The van der Waals surface area contributed by atoms with Crippen molar-refractivity contribution in [2.24, 2.45) is 0 Å². The van der Waals surface area contributed by atoms with E-state index in [1.54, 1.807) is 7.05 Å². The van der Waals surface area contributed by atoms with Crippen LogP contribution in [-0.2, 0) is 22.5 Å². The summed E-state index contributed by atoms with van der Waals surface area (Å²) in [5.41, 5.74) is 1.58. The number of carbonyl (C=O) groups excluding carboxylic acids is 2. The molecule has 0 saturated carbocycles. The van der Waals surface area contributed by atoms with Gasteiger partial charge in [-0.05, 0) is 31.9 Å². The third-order valence-electron chi connectivity index (χ3n) is 3.43. The van der Waals surface area contributed by atoms with Gasteiger partial charge < -0.3 is 10.1 Å². The van der Waals surface area contributed by atoms with Crippen molar-refractivity contribution in [2.75, 3.05) is 7.05 Å². The van der Waals surface area contributed by atoms with Gasteiger partial charge in [-0.1, -0.05) is 24.3 Å². The van der Waals surface area contributed by atoms with Gasteiger partial charge in [-0.25, -0.2) is 4.79 Å². The lowest BCUT2D eigenvalue weighted by atomic mass is 9.94. The minimum atomic E-state index is -0.582. The number of rotatable bonds is 1. The van der Waals surface area contributed by atoms with Crippen LogP contribution < -0.4 is 5.32 Å². The van der Waals surface area contributed by atoms with Crippen LogP contribution in [0.15, 0.2) is 24.3 Å². The third-order valence-corrected chi connectivity index (χ3v) is 3.43. The lowest BCUT2D eigenvalue weighted by Crippen LogP contribution is -2.53. The van der Waals surface area contributed by atoms with Gasteiger partial charge in [-0.3, -0.25) is 9.69 Å². The number of nitrogens with zero attached hydrogens (tertiary/aromatic N) is 1. The fourth-order valence-corrected chi connectivity index (χ4v) is 2.44. The van der Waals surface area contributed by atoms with E-state index in [1.165, 1.54) is 4.90 Å². The van der Waals surface area contributed by atoms with Crippen molar-refractivity contribution in [3.63, 3.8) is 0 Å². The summed E-state index contributed by atoms with van der Waals surface area (Å²) in [5, 5.41) is 2.62. The molecule has 1 aromatic carbocycles. The van der Waals surface area contributed by atoms with Crippen molar-refractivity contribution in [1.29, 1.82) is 0 Å². The summed E-state index contributed by atoms with van der Waals surface area (Å²) in [6, 6.07) is 7.33. The maximum absolute atomic E-state index is 12.4. The Bertz CT molecular complexity index is 549. The molecule has 21 heavy (non-hydrogen) atoms. The first-order chi connectivity index (χ1) is 9.81. The quantitative estimate of drug-likeness (QED) is 0.861. The lowest BCUT2D eigenvalue weighted by Gasteiger charge is -2.36. The number of benzene rings is 1. The number of likely N-dealkylation sites (N-methyl/N-ethyl adjacent to an activating group) is 1. The first-order valence-corrected chi connectivity index (χ1v) is 7.10. The highest BCUT2D eigenvalue weighted by atomic mass is 16.6. The van der Waals surface area contributed by atoms with Gasteiger partial charge in [0.15, 0.2) is 0 Å². The zero-order valence-corrected chi connectivity index (χ0v) is 13.0. The Morgan fingerprint density at radius 1 is 1.24 bits per heavy atom. The van der Waals surface area contributed by atoms with Crippen molar-refractivity contribution >= 4 is 12.0 Å². The molecule has 1 aliphatic rings. The molecule has 1 N–H and O–H groups in total. The van der Waals surface area contributed by atoms with Crippen LogP contribution in [-0.4, -0.2) is 35.6 Å². The Balaban J connectivity index is 2.28. The molecular formula is C16H22N2O3. The largest absolute Gasteiger partial charge is 0.444 e. The summed E-state index contributed by atoms with van der Waals surface area (Å²) in [4.78, 5) is 26.0. The predicted molar refractivity (Wildman–Crippen MR) is 79.8 cm³/mol. The van der Waals surface area contributed by atoms with Crippen molar-refractivity contribution in [2.45, 2.75) is 45.4 Å². The van der Waals surface area contributed by atoms with E-state index in [0.717, 1.165) is 11.1 Å². The number of amides is 2. The molecule has 1 aromatic rings. The molecule has 0 unspecified atom stereocenters. The smallest absolute Gasteiger partial charge is 0.411 e. The topological polar surface area (TPSA) is 58.6 Å². The van der Waals surface area contributed by atoms with E-state index < -0.39 is 17.7 Å². The van der Waals surface area contributed by atoms with Crippen molar-refractivity contribution in [3.05, 3.63) is 35.4 Å². The van der Waals surface area contributed by atoms with Gasteiger partial charge in [0.2, 0.25) is 5.91 Å². The minimum absolute atomic E-state index is 0.171. The molecule has 1 heterocycles. The van der Waals surface area contributed by atoms with Gasteiger partial charge >= 0.3 is 6.09 Å². The molecule has 0 fully saturated rings. The van der Waals surface area contributed by atoms with E-state index in [0.29, 0.717) is 13.0 Å². The molecule has 114 valence electrons. The Morgan fingerprint density at radius 2 is 1.86 bits per heavy atom. The van der Waals surface area contributed by atoms with E-state index in [1.807, 2.05) is 45.0 Å². The molecule has 0 aromatic heterocycles. The van der Waals surface area contributed by atoms with Gasteiger partial charge in [0.05, 0.1) is 6.54 Å². The van der Waals surface area contributed by atoms with Crippen LogP contribution in [0.3, 0.4) is 0 Å².